The fourth-order valence-corrected chi connectivity index (χ4v) is 2.68. The first kappa shape index (κ1) is 14.4. The van der Waals surface area contributed by atoms with Gasteiger partial charge in [-0.1, -0.05) is 0 Å². The Morgan fingerprint density at radius 2 is 2.30 bits per heavy atom. The molecule has 8 nitrogen and oxygen atoms in total. The predicted molar refractivity (Wildman–Crippen MR) is 74.5 cm³/mol. The second-order valence-corrected chi connectivity index (χ2v) is 5.06. The molecule has 0 bridgehead atoms. The number of nitrogen functional groups attached to an aromatic ring is 1. The van der Waals surface area contributed by atoms with Gasteiger partial charge in [-0.15, -0.1) is 0 Å². The zero-order chi connectivity index (χ0) is 14.7. The molecule has 1 aliphatic heterocycles. The molecule has 3 N–H and O–H groups in total. The van der Waals surface area contributed by atoms with E-state index in [0.717, 1.165) is 12.8 Å². The lowest BCUT2D eigenvalue weighted by atomic mass is 9.95. The Morgan fingerprint density at radius 3 is 2.95 bits per heavy atom. The summed E-state index contributed by atoms with van der Waals surface area (Å²) in [4.78, 5) is 20.6. The summed E-state index contributed by atoms with van der Waals surface area (Å²) >= 11 is 0. The highest BCUT2D eigenvalue weighted by Gasteiger charge is 2.29. The number of hydrogen-bond donors (Lipinski definition) is 2. The Kier molecular flexibility index (Phi) is 4.33. The van der Waals surface area contributed by atoms with Crippen LogP contribution in [0, 0.1) is 23.0 Å². The van der Waals surface area contributed by atoms with Crippen molar-refractivity contribution in [3.05, 3.63) is 15.8 Å². The number of aliphatic hydroxyl groups is 1. The lowest BCUT2D eigenvalue weighted by Gasteiger charge is -2.33. The standard InChI is InChI=1S/C12H19N5O3/c1-8-10(17(19)20)11(15-12(13)14-8)16-5-2-3-9(7-16)4-6-18/h9,18H,2-7H2,1H3,(H2,13,14,15). The molecule has 0 aliphatic carbocycles. The van der Waals surface area contributed by atoms with Crippen LogP contribution in [0.15, 0.2) is 0 Å². The lowest BCUT2D eigenvalue weighted by molar-refractivity contribution is -0.385. The van der Waals surface area contributed by atoms with Crippen molar-refractivity contribution in [2.75, 3.05) is 30.3 Å². The van der Waals surface area contributed by atoms with Crippen molar-refractivity contribution in [2.24, 2.45) is 5.92 Å². The zero-order valence-electron chi connectivity index (χ0n) is 11.4. The van der Waals surface area contributed by atoms with Crippen molar-refractivity contribution in [1.29, 1.82) is 0 Å². The van der Waals surface area contributed by atoms with Crippen molar-refractivity contribution < 1.29 is 10.0 Å². The number of hydrogen-bond acceptors (Lipinski definition) is 7. The number of nitrogens with zero attached hydrogens (tertiary/aromatic N) is 4. The summed E-state index contributed by atoms with van der Waals surface area (Å²) in [7, 11) is 0. The monoisotopic (exact) mass is 281 g/mol. The molecular weight excluding hydrogens is 262 g/mol. The SMILES string of the molecule is Cc1nc(N)nc(N2CCCC(CCO)C2)c1[N+](=O)[O-]. The van der Waals surface area contributed by atoms with Gasteiger partial charge in [-0.25, -0.2) is 4.98 Å². The molecule has 110 valence electrons. The number of aryl methyl sites for hydroxylation is 1. The quantitative estimate of drug-likeness (QED) is 0.621. The molecule has 1 fully saturated rings. The maximum absolute atomic E-state index is 11.2. The average molecular weight is 281 g/mol. The first-order chi connectivity index (χ1) is 9.52. The number of nitrogens with two attached hydrogens (primary N) is 1. The van der Waals surface area contributed by atoms with E-state index >= 15 is 0 Å². The number of nitro groups is 1. The highest BCUT2D eigenvalue weighted by molar-refractivity contribution is 5.62. The van der Waals surface area contributed by atoms with Gasteiger partial charge in [-0.2, -0.15) is 4.98 Å². The van der Waals surface area contributed by atoms with Crippen LogP contribution in [0.2, 0.25) is 0 Å². The minimum atomic E-state index is -0.459. The second-order valence-electron chi connectivity index (χ2n) is 5.06. The summed E-state index contributed by atoms with van der Waals surface area (Å²) in [5.74, 6) is 0.667. The smallest absolute Gasteiger partial charge is 0.332 e. The second kappa shape index (κ2) is 6.00. The minimum absolute atomic E-state index is 0.0485. The molecule has 1 atom stereocenters. The summed E-state index contributed by atoms with van der Waals surface area (Å²) in [6.45, 7) is 3.05. The third-order valence-corrected chi connectivity index (χ3v) is 3.60. The van der Waals surface area contributed by atoms with Crippen molar-refractivity contribution in [1.82, 2.24) is 9.97 Å². The molecule has 2 rings (SSSR count). The molecule has 1 unspecified atom stereocenters. The van der Waals surface area contributed by atoms with E-state index in [2.05, 4.69) is 9.97 Å². The summed E-state index contributed by atoms with van der Waals surface area (Å²) in [6, 6.07) is 0. The van der Waals surface area contributed by atoms with Crippen molar-refractivity contribution in [3.63, 3.8) is 0 Å². The van der Waals surface area contributed by atoms with Crippen LogP contribution in [0.3, 0.4) is 0 Å². The summed E-state index contributed by atoms with van der Waals surface area (Å²) in [5, 5.41) is 20.3. The first-order valence-corrected chi connectivity index (χ1v) is 6.67. The van der Waals surface area contributed by atoms with Gasteiger partial charge < -0.3 is 15.7 Å². The van der Waals surface area contributed by atoms with E-state index in [1.54, 1.807) is 6.92 Å². The Morgan fingerprint density at radius 1 is 1.55 bits per heavy atom. The first-order valence-electron chi connectivity index (χ1n) is 6.67. The molecule has 2 heterocycles. The number of piperidine rings is 1. The van der Waals surface area contributed by atoms with Crippen LogP contribution in [-0.2, 0) is 0 Å². The summed E-state index contributed by atoms with van der Waals surface area (Å²) in [5.41, 5.74) is 5.82. The van der Waals surface area contributed by atoms with E-state index in [1.165, 1.54) is 0 Å². The summed E-state index contributed by atoms with van der Waals surface area (Å²) < 4.78 is 0. The molecule has 0 saturated carbocycles. The Balaban J connectivity index is 2.33. The van der Waals surface area contributed by atoms with E-state index < -0.39 is 4.92 Å². The maximum atomic E-state index is 11.2. The van der Waals surface area contributed by atoms with Crippen LogP contribution in [0.1, 0.15) is 25.0 Å². The largest absolute Gasteiger partial charge is 0.396 e. The highest BCUT2D eigenvalue weighted by atomic mass is 16.6. The van der Waals surface area contributed by atoms with E-state index in [9.17, 15) is 10.1 Å². The van der Waals surface area contributed by atoms with E-state index in [0.29, 0.717) is 31.2 Å². The van der Waals surface area contributed by atoms with Crippen LogP contribution >= 0.6 is 0 Å². The third kappa shape index (κ3) is 2.96. The topological polar surface area (TPSA) is 118 Å². The van der Waals surface area contributed by atoms with Crippen LogP contribution < -0.4 is 10.6 Å². The molecule has 8 heteroatoms. The van der Waals surface area contributed by atoms with Crippen LogP contribution in [0.25, 0.3) is 0 Å². The molecule has 1 aromatic heterocycles. The number of aromatic nitrogens is 2. The van der Waals surface area contributed by atoms with Crippen LogP contribution in [0.5, 0.6) is 0 Å². The number of rotatable bonds is 4. The van der Waals surface area contributed by atoms with Gasteiger partial charge in [0.05, 0.1) is 4.92 Å². The number of anilines is 2. The van der Waals surface area contributed by atoms with E-state index in [4.69, 9.17) is 10.8 Å². The number of aliphatic hydroxyl groups excluding tert-OH is 1. The molecule has 1 saturated heterocycles. The minimum Gasteiger partial charge on any atom is -0.396 e. The van der Waals surface area contributed by atoms with Gasteiger partial charge in [0.25, 0.3) is 0 Å². The fourth-order valence-electron chi connectivity index (χ4n) is 2.68. The molecule has 0 amide bonds. The lowest BCUT2D eigenvalue weighted by Crippen LogP contribution is -2.37. The molecule has 1 aromatic rings. The fraction of sp³-hybridized carbons (Fsp3) is 0.667. The molecular formula is C12H19N5O3. The van der Waals surface area contributed by atoms with Crippen molar-refractivity contribution >= 4 is 17.5 Å². The van der Waals surface area contributed by atoms with E-state index in [-0.39, 0.29) is 23.9 Å². The molecule has 1 aliphatic rings. The Bertz CT molecular complexity index is 506. The Labute approximate surface area is 116 Å². The average Bonchev–Trinajstić information content (AvgIpc) is 2.38. The molecule has 0 aromatic carbocycles. The van der Waals surface area contributed by atoms with Gasteiger partial charge in [0.1, 0.15) is 5.69 Å². The van der Waals surface area contributed by atoms with Crippen LogP contribution in [-0.4, -0.2) is 39.7 Å². The highest BCUT2D eigenvalue weighted by Crippen LogP contribution is 2.32. The van der Waals surface area contributed by atoms with Gasteiger partial charge in [-0.05, 0) is 32.1 Å². The van der Waals surface area contributed by atoms with Gasteiger partial charge in [-0.3, -0.25) is 10.1 Å². The van der Waals surface area contributed by atoms with Crippen molar-refractivity contribution in [3.8, 4) is 0 Å². The van der Waals surface area contributed by atoms with Gasteiger partial charge in [0, 0.05) is 19.7 Å². The molecule has 20 heavy (non-hydrogen) atoms. The zero-order valence-corrected chi connectivity index (χ0v) is 11.4. The molecule has 0 spiro atoms. The maximum Gasteiger partial charge on any atom is 0.332 e. The molecule has 0 radical (unpaired) electrons. The van der Waals surface area contributed by atoms with Crippen LogP contribution in [0.4, 0.5) is 17.5 Å². The normalized spacial score (nSPS) is 19.1. The van der Waals surface area contributed by atoms with Gasteiger partial charge in [0.2, 0.25) is 11.8 Å². The van der Waals surface area contributed by atoms with Crippen molar-refractivity contribution in [2.45, 2.75) is 26.2 Å². The Hall–Kier alpha value is -1.96. The summed E-state index contributed by atoms with van der Waals surface area (Å²) in [6.07, 6.45) is 2.64. The predicted octanol–water partition coefficient (Wildman–Crippen LogP) is 0.874. The third-order valence-electron chi connectivity index (χ3n) is 3.60. The van der Waals surface area contributed by atoms with E-state index in [1.807, 2.05) is 4.90 Å². The van der Waals surface area contributed by atoms with Gasteiger partial charge in [0.15, 0.2) is 0 Å². The van der Waals surface area contributed by atoms with Gasteiger partial charge >= 0.3 is 5.69 Å².